The first-order chi connectivity index (χ1) is 7.19. The van der Waals surface area contributed by atoms with Gasteiger partial charge in [-0.15, -0.1) is 0 Å². The second kappa shape index (κ2) is 4.30. The number of hydrogen-bond donors (Lipinski definition) is 2. The predicted octanol–water partition coefficient (Wildman–Crippen LogP) is 1.68. The van der Waals surface area contributed by atoms with Crippen LogP contribution >= 0.6 is 0 Å². The molecule has 3 atom stereocenters. The minimum Gasteiger partial charge on any atom is -0.389 e. The summed E-state index contributed by atoms with van der Waals surface area (Å²) in [6.07, 6.45) is 3.47. The van der Waals surface area contributed by atoms with Crippen molar-refractivity contribution in [2.24, 2.45) is 11.3 Å². The third kappa shape index (κ3) is 2.36. The van der Waals surface area contributed by atoms with Gasteiger partial charge >= 0.3 is 0 Å². The molecule has 1 aliphatic rings. The maximum atomic E-state index is 11.5. The van der Waals surface area contributed by atoms with Crippen LogP contribution in [0.4, 0.5) is 0 Å². The summed E-state index contributed by atoms with van der Waals surface area (Å²) in [7, 11) is 0. The summed E-state index contributed by atoms with van der Waals surface area (Å²) in [6.45, 7) is 7.32. The largest absolute Gasteiger partial charge is 0.389 e. The average molecular weight is 226 g/mol. The molecule has 3 nitrogen and oxygen atoms in total. The molecule has 92 valence electrons. The number of rotatable bonds is 2. The zero-order chi connectivity index (χ0) is 12.6. The van der Waals surface area contributed by atoms with Crippen LogP contribution in [0.25, 0.3) is 0 Å². The molecule has 0 aromatic heterocycles. The SMILES string of the molecule is CC(O)C=C[C@@]1(O)C(C)CC(=O)CC1(C)C. The molecule has 0 aromatic carbocycles. The van der Waals surface area contributed by atoms with Crippen LogP contribution in [0.2, 0.25) is 0 Å². The molecule has 1 aliphatic carbocycles. The van der Waals surface area contributed by atoms with Crippen LogP contribution in [0.5, 0.6) is 0 Å². The van der Waals surface area contributed by atoms with Gasteiger partial charge in [0.2, 0.25) is 0 Å². The fourth-order valence-corrected chi connectivity index (χ4v) is 2.55. The van der Waals surface area contributed by atoms with Crippen LogP contribution in [-0.2, 0) is 4.79 Å². The van der Waals surface area contributed by atoms with Crippen molar-refractivity contribution in [3.05, 3.63) is 12.2 Å². The molecule has 0 heterocycles. The number of ketones is 1. The summed E-state index contributed by atoms with van der Waals surface area (Å²) in [5, 5.41) is 19.9. The molecule has 0 aliphatic heterocycles. The Morgan fingerprint density at radius 2 is 2.06 bits per heavy atom. The van der Waals surface area contributed by atoms with Gasteiger partial charge in [-0.05, 0) is 12.8 Å². The molecule has 1 rings (SSSR count). The summed E-state index contributed by atoms with van der Waals surface area (Å²) in [5.41, 5.74) is -1.50. The monoisotopic (exact) mass is 226 g/mol. The van der Waals surface area contributed by atoms with E-state index in [-0.39, 0.29) is 11.7 Å². The highest BCUT2D eigenvalue weighted by atomic mass is 16.3. The third-order valence-electron chi connectivity index (χ3n) is 3.64. The number of hydrogen-bond acceptors (Lipinski definition) is 3. The van der Waals surface area contributed by atoms with Crippen molar-refractivity contribution in [2.45, 2.75) is 52.2 Å². The van der Waals surface area contributed by atoms with Crippen LogP contribution in [0.1, 0.15) is 40.5 Å². The van der Waals surface area contributed by atoms with Crippen molar-refractivity contribution in [3.63, 3.8) is 0 Å². The third-order valence-corrected chi connectivity index (χ3v) is 3.64. The standard InChI is InChI=1S/C13H22O3/c1-9-7-11(15)8-12(3,4)13(9,16)6-5-10(2)14/h5-6,9-10,14,16H,7-8H2,1-4H3/t9?,10?,13-/m1/s1. The van der Waals surface area contributed by atoms with Crippen molar-refractivity contribution in [2.75, 3.05) is 0 Å². The van der Waals surface area contributed by atoms with Crippen molar-refractivity contribution >= 4 is 5.78 Å². The highest BCUT2D eigenvalue weighted by Gasteiger charge is 2.50. The lowest BCUT2D eigenvalue weighted by Crippen LogP contribution is -2.53. The van der Waals surface area contributed by atoms with E-state index >= 15 is 0 Å². The molecule has 0 saturated heterocycles. The molecule has 0 spiro atoms. The zero-order valence-electron chi connectivity index (χ0n) is 10.5. The van der Waals surface area contributed by atoms with Crippen LogP contribution in [0.3, 0.4) is 0 Å². The second-order valence-corrected chi connectivity index (χ2v) is 5.63. The van der Waals surface area contributed by atoms with E-state index in [0.717, 1.165) is 0 Å². The van der Waals surface area contributed by atoms with Gasteiger partial charge in [0.1, 0.15) is 5.78 Å². The Morgan fingerprint density at radius 1 is 1.50 bits per heavy atom. The lowest BCUT2D eigenvalue weighted by atomic mass is 9.60. The van der Waals surface area contributed by atoms with Crippen LogP contribution in [0.15, 0.2) is 12.2 Å². The van der Waals surface area contributed by atoms with Gasteiger partial charge in [0, 0.05) is 18.3 Å². The molecule has 2 unspecified atom stereocenters. The number of carbonyl (C=O) groups excluding carboxylic acids is 1. The fraction of sp³-hybridized carbons (Fsp3) is 0.769. The van der Waals surface area contributed by atoms with E-state index in [2.05, 4.69) is 0 Å². The maximum Gasteiger partial charge on any atom is 0.133 e. The van der Waals surface area contributed by atoms with E-state index < -0.39 is 17.1 Å². The highest BCUT2D eigenvalue weighted by molar-refractivity contribution is 5.81. The van der Waals surface area contributed by atoms with E-state index in [4.69, 9.17) is 0 Å². The van der Waals surface area contributed by atoms with E-state index in [9.17, 15) is 15.0 Å². The zero-order valence-corrected chi connectivity index (χ0v) is 10.5. The topological polar surface area (TPSA) is 57.5 Å². The smallest absolute Gasteiger partial charge is 0.133 e. The first-order valence-electron chi connectivity index (χ1n) is 5.80. The molecule has 1 fully saturated rings. The van der Waals surface area contributed by atoms with E-state index in [1.54, 1.807) is 19.1 Å². The van der Waals surface area contributed by atoms with Gasteiger partial charge < -0.3 is 10.2 Å². The van der Waals surface area contributed by atoms with Gasteiger partial charge in [-0.3, -0.25) is 4.79 Å². The van der Waals surface area contributed by atoms with Crippen LogP contribution < -0.4 is 0 Å². The van der Waals surface area contributed by atoms with Crippen molar-refractivity contribution < 1.29 is 15.0 Å². The number of carbonyl (C=O) groups is 1. The predicted molar refractivity (Wildman–Crippen MR) is 63.0 cm³/mol. The molecule has 0 aromatic rings. The Bertz CT molecular complexity index is 304. The van der Waals surface area contributed by atoms with E-state index in [1.807, 2.05) is 20.8 Å². The first-order valence-corrected chi connectivity index (χ1v) is 5.80. The highest BCUT2D eigenvalue weighted by Crippen LogP contribution is 2.46. The summed E-state index contributed by atoms with van der Waals surface area (Å²) < 4.78 is 0. The molecule has 16 heavy (non-hydrogen) atoms. The minimum atomic E-state index is -1.02. The van der Waals surface area contributed by atoms with Gasteiger partial charge in [-0.2, -0.15) is 0 Å². The molecule has 1 saturated carbocycles. The number of aliphatic hydroxyl groups excluding tert-OH is 1. The van der Waals surface area contributed by atoms with Crippen molar-refractivity contribution in [1.29, 1.82) is 0 Å². The first kappa shape index (κ1) is 13.4. The van der Waals surface area contributed by atoms with Crippen molar-refractivity contribution in [1.82, 2.24) is 0 Å². The van der Waals surface area contributed by atoms with Gasteiger partial charge in [0.05, 0.1) is 11.7 Å². The molecular formula is C13H22O3. The molecule has 0 bridgehead atoms. The Morgan fingerprint density at radius 3 is 2.50 bits per heavy atom. The number of aliphatic hydroxyl groups is 2. The van der Waals surface area contributed by atoms with Crippen LogP contribution in [-0.4, -0.2) is 27.7 Å². The van der Waals surface area contributed by atoms with Gasteiger partial charge in [0.15, 0.2) is 0 Å². The summed E-state index contributed by atoms with van der Waals surface area (Å²) >= 11 is 0. The van der Waals surface area contributed by atoms with E-state index in [0.29, 0.717) is 12.8 Å². The molecular weight excluding hydrogens is 204 g/mol. The fourth-order valence-electron chi connectivity index (χ4n) is 2.55. The van der Waals surface area contributed by atoms with Crippen molar-refractivity contribution in [3.8, 4) is 0 Å². The Hall–Kier alpha value is -0.670. The van der Waals surface area contributed by atoms with Gasteiger partial charge in [-0.25, -0.2) is 0 Å². The lowest BCUT2D eigenvalue weighted by Gasteiger charge is -2.48. The minimum absolute atomic E-state index is 0.112. The number of Topliss-reactive ketones (excluding diaryl/α,β-unsaturated/α-hetero) is 1. The van der Waals surface area contributed by atoms with Gasteiger partial charge in [0.25, 0.3) is 0 Å². The average Bonchev–Trinajstić information content (AvgIpc) is 2.10. The Labute approximate surface area is 97.2 Å². The maximum absolute atomic E-state index is 11.5. The lowest BCUT2D eigenvalue weighted by molar-refractivity contribution is -0.142. The normalized spacial score (nSPS) is 36.6. The van der Waals surface area contributed by atoms with Gasteiger partial charge in [-0.1, -0.05) is 32.9 Å². The molecule has 3 heteroatoms. The van der Waals surface area contributed by atoms with Crippen LogP contribution in [0, 0.1) is 11.3 Å². The molecule has 0 radical (unpaired) electrons. The second-order valence-electron chi connectivity index (χ2n) is 5.63. The molecule has 2 N–H and O–H groups in total. The quantitative estimate of drug-likeness (QED) is 0.704. The Balaban J connectivity index is 3.02. The summed E-state index contributed by atoms with van der Waals surface area (Å²) in [4.78, 5) is 11.5. The molecule has 0 amide bonds. The summed E-state index contributed by atoms with van der Waals surface area (Å²) in [6, 6.07) is 0. The Kier molecular flexibility index (Phi) is 3.60. The summed E-state index contributed by atoms with van der Waals surface area (Å²) in [5.74, 6) is 0.0892. The van der Waals surface area contributed by atoms with E-state index in [1.165, 1.54) is 0 Å².